The fourth-order valence-electron chi connectivity index (χ4n) is 12.8. The fraction of sp³-hybridized carbons (Fsp3) is 0.605. The number of hydrogen-bond donors (Lipinski definition) is 12. The molecule has 9 aromatic rings. The first-order chi connectivity index (χ1) is 64.1. The monoisotopic (exact) mass is 1920 g/mol. The van der Waals surface area contributed by atoms with Crippen LogP contribution in [0.4, 0.5) is 38.5 Å². The Kier molecular flexibility index (Phi) is 43.2. The minimum atomic E-state index is -0.727. The third-order valence-corrected chi connectivity index (χ3v) is 20.9. The number of amides is 2. The molecular weight excluding hydrogens is 1790 g/mol. The zero-order valence-electron chi connectivity index (χ0n) is 79.1. The highest BCUT2D eigenvalue weighted by Gasteiger charge is 2.40. The molecule has 0 bridgehead atoms. The maximum atomic E-state index is 13.3. The molecule has 14 rings (SSSR count). The van der Waals surface area contributed by atoms with Crippen LogP contribution in [0.5, 0.6) is 0 Å². The molecular formula is C86H132FN25O22S. The summed E-state index contributed by atoms with van der Waals surface area (Å²) in [5.74, 6) is 0.698. The Morgan fingerprint density at radius 1 is 0.578 bits per heavy atom. The number of aliphatic hydroxyl groups is 3. The lowest BCUT2D eigenvalue weighted by molar-refractivity contribution is -0.0792. The summed E-state index contributed by atoms with van der Waals surface area (Å²) in [6.45, 7) is 39.4. The van der Waals surface area contributed by atoms with Crippen molar-refractivity contribution in [1.29, 1.82) is 0 Å². The molecule has 746 valence electrons. The van der Waals surface area contributed by atoms with E-state index in [0.717, 1.165) is 35.9 Å². The van der Waals surface area contributed by atoms with E-state index < -0.39 is 65.6 Å². The second-order valence-electron chi connectivity index (χ2n) is 33.9. The number of carbonyl (C=O) groups excluding carboxylic acids is 1. The number of allylic oxidation sites excluding steroid dienone is 1. The molecule has 135 heavy (non-hydrogen) atoms. The van der Waals surface area contributed by atoms with Crippen LogP contribution in [0.2, 0.25) is 0 Å². The van der Waals surface area contributed by atoms with Crippen LogP contribution in [-0.2, 0) is 76.7 Å². The van der Waals surface area contributed by atoms with Gasteiger partial charge in [0.25, 0.3) is 16.7 Å². The number of urea groups is 1. The number of hydrogen-bond acceptors (Lipinski definition) is 37. The highest BCUT2D eigenvalue weighted by atomic mass is 32.2. The number of halogens is 1. The van der Waals surface area contributed by atoms with Gasteiger partial charge in [-0.15, -0.1) is 11.8 Å². The van der Waals surface area contributed by atoms with Crippen LogP contribution >= 0.6 is 11.8 Å². The summed E-state index contributed by atoms with van der Waals surface area (Å²) < 4.78 is 89.3. The Labute approximate surface area is 782 Å². The molecule has 3 saturated heterocycles. The number of rotatable bonds is 35. The van der Waals surface area contributed by atoms with E-state index in [1.165, 1.54) is 44.6 Å². The second kappa shape index (κ2) is 53.4. The molecule has 0 spiro atoms. The van der Waals surface area contributed by atoms with Crippen molar-refractivity contribution < 1.29 is 81.3 Å². The molecule has 17 N–H and O–H groups in total. The largest absolute Gasteiger partial charge is 0.396 e. The standard InChI is InChI=1S/C13H21N5O3.C13H18N2O4.C13H20N2O4.C12H19N5O4.C12H19N5O.C12H19N3O3.C11H16FN3O3S/c1-8(2)21-6-9(5-19)3-4-18-7-15-10-11(18)16-13(14)17-12(10)20;1-8(2)18-7-10-4-5-11(19-10)15-6-9(3)12(16)14-13(15)17;1-8(2)18-7-11-10(16)6-12(19-11)15-5-4-9(3)14-13(15)17;1-7(2)20-4-8(3-18)21-6-17-5-14-9-10(17)15-12(13)16-11(9)19;1-8(2)5-18-9(3)4-17-7-16-10-11(13)14-6-15-12(10)17;1-8(2)17-7-9-3-4-11(18-9)15-6-5-10(13)14-12(15)16;1-6(2)17-4-9-18-8(5-19-9)15-3-7(12)10(13)14-11(15)16/h7-9,19H,3-6H2,1-2H3,(H3,14,16,17,20);4-6,8,10-11H,7H2,1-3H3,(H,14,16,17);4-5,8,10-12,16H,3,6-7H2,1-2H3,(H,14,17);5,7-8,18H,3-4,6H2,1-2H3,(H3,13,15,16,19);6-9H,4-5H2,1-3H3,(H2,13,14,15);5-6,8-9,11H,3-4,7H2,1-2H3,(H2,13,14,16);3,6,8-9H,4-5H2,1-2H3,(H2,13,14,16)/t;10-,11?;10-,11+,12+;;9-;9-,11?;8?,9-/m.00.101/s1. The zero-order chi connectivity index (χ0) is 99.0. The zero-order valence-corrected chi connectivity index (χ0v) is 79.9. The van der Waals surface area contributed by atoms with Gasteiger partial charge in [0.05, 0.1) is 133 Å². The predicted octanol–water partition coefficient (Wildman–Crippen LogP) is 4.63. The third-order valence-electron chi connectivity index (χ3n) is 19.8. The molecule has 0 aliphatic carbocycles. The normalized spacial score (nSPS) is 19.8. The lowest BCUT2D eigenvalue weighted by atomic mass is 10.1. The number of aromatic nitrogens is 18. The first-order valence-electron chi connectivity index (χ1n) is 44.3. The third kappa shape index (κ3) is 34.6. The van der Waals surface area contributed by atoms with Crippen molar-refractivity contribution in [2.45, 2.75) is 260 Å². The average molecular weight is 1920 g/mol. The second-order valence-corrected chi connectivity index (χ2v) is 35.1. The van der Waals surface area contributed by atoms with Crippen LogP contribution in [0.1, 0.15) is 154 Å². The van der Waals surface area contributed by atoms with Crippen LogP contribution in [0.3, 0.4) is 0 Å². The maximum Gasteiger partial charge on any atom is 0.351 e. The number of ether oxygens (including phenoxy) is 12. The van der Waals surface area contributed by atoms with Gasteiger partial charge in [-0.05, 0) is 140 Å². The first-order valence-corrected chi connectivity index (χ1v) is 45.4. The Morgan fingerprint density at radius 3 is 1.81 bits per heavy atom. The quantitative estimate of drug-likeness (QED) is 0.0241. The van der Waals surface area contributed by atoms with E-state index in [9.17, 15) is 53.3 Å². The van der Waals surface area contributed by atoms with Gasteiger partial charge in [-0.2, -0.15) is 19.9 Å². The van der Waals surface area contributed by atoms with Crippen molar-refractivity contribution >= 4 is 80.6 Å². The highest BCUT2D eigenvalue weighted by molar-refractivity contribution is 8.00. The average Bonchev–Trinajstić information content (AvgIpc) is 1.67. The summed E-state index contributed by atoms with van der Waals surface area (Å²) in [4.78, 5) is 125. The van der Waals surface area contributed by atoms with Gasteiger partial charge in [0.1, 0.15) is 66.8 Å². The van der Waals surface area contributed by atoms with E-state index in [4.69, 9.17) is 85.5 Å². The van der Waals surface area contributed by atoms with E-state index in [-0.39, 0.29) is 151 Å². The number of aliphatic hydroxyl groups excluding tert-OH is 3. The first kappa shape index (κ1) is 109. The highest BCUT2D eigenvalue weighted by Crippen LogP contribution is 2.33. The fourth-order valence-corrected chi connectivity index (χ4v) is 13.8. The smallest absolute Gasteiger partial charge is 0.351 e. The number of imidazole rings is 3. The Balaban J connectivity index is 0.000000194. The van der Waals surface area contributed by atoms with Crippen LogP contribution in [0.15, 0.2) is 115 Å². The molecule has 0 radical (unpaired) electrons. The van der Waals surface area contributed by atoms with Gasteiger partial charge < -0.3 is 115 Å². The number of carbonyl (C=O) groups is 1. The van der Waals surface area contributed by atoms with E-state index in [1.54, 1.807) is 59.3 Å². The van der Waals surface area contributed by atoms with E-state index >= 15 is 0 Å². The van der Waals surface area contributed by atoms with Crippen molar-refractivity contribution in [3.8, 4) is 0 Å². The predicted molar refractivity (Wildman–Crippen MR) is 501 cm³/mol. The van der Waals surface area contributed by atoms with Gasteiger partial charge in [-0.3, -0.25) is 52.5 Å². The number of thioether (sulfide) groups is 1. The van der Waals surface area contributed by atoms with Crippen molar-refractivity contribution in [1.82, 2.24) is 97.4 Å². The molecule has 5 aliphatic rings. The number of nitrogen functional groups attached to an aromatic ring is 5. The Bertz CT molecular complexity index is 5560. The Morgan fingerprint density at radius 2 is 1.19 bits per heavy atom. The summed E-state index contributed by atoms with van der Waals surface area (Å²) in [5.41, 5.74) is 28.4. The summed E-state index contributed by atoms with van der Waals surface area (Å²) in [7, 11) is 0. The molecule has 12 atom stereocenters. The van der Waals surface area contributed by atoms with Crippen molar-refractivity contribution in [3.05, 3.63) is 161 Å². The number of fused-ring (bicyclic) bond motifs is 3. The number of H-pyrrole nitrogens is 3. The van der Waals surface area contributed by atoms with E-state index in [0.29, 0.717) is 105 Å². The van der Waals surface area contributed by atoms with Gasteiger partial charge in [0.15, 0.2) is 51.7 Å². The van der Waals surface area contributed by atoms with Crippen LogP contribution in [-0.4, -0.2) is 264 Å². The summed E-state index contributed by atoms with van der Waals surface area (Å²) in [6.07, 6.45) is 17.4. The molecule has 0 saturated carbocycles. The molecule has 2 amide bonds. The van der Waals surface area contributed by atoms with Crippen molar-refractivity contribution in [2.75, 3.05) is 93.9 Å². The number of nitrogens with zero attached hydrogens (tertiary/aromatic N) is 16. The van der Waals surface area contributed by atoms with Crippen LogP contribution in [0, 0.1) is 24.6 Å². The van der Waals surface area contributed by atoms with Crippen molar-refractivity contribution in [3.63, 3.8) is 0 Å². The number of nitrogens with one attached hydrogen (secondary N) is 4. The molecule has 9 aromatic heterocycles. The maximum absolute atomic E-state index is 13.3. The van der Waals surface area contributed by atoms with Crippen LogP contribution in [0.25, 0.3) is 33.5 Å². The number of nitrogens with two attached hydrogens (primary N) is 5. The van der Waals surface area contributed by atoms with Gasteiger partial charge in [0, 0.05) is 67.7 Å². The van der Waals surface area contributed by atoms with E-state index in [1.807, 2.05) is 101 Å². The number of anilines is 5. The van der Waals surface area contributed by atoms with Crippen LogP contribution < -0.4 is 67.7 Å². The minimum Gasteiger partial charge on any atom is -0.396 e. The summed E-state index contributed by atoms with van der Waals surface area (Å²) >= 11 is 1.52. The summed E-state index contributed by atoms with van der Waals surface area (Å²) in [6, 6.07) is 1.30. The number of aromatic amines is 3. The lowest BCUT2D eigenvalue weighted by Crippen LogP contribution is -2.44. The molecule has 14 heterocycles. The number of aryl methyl sites for hydroxylation is 2. The van der Waals surface area contributed by atoms with Gasteiger partial charge in [-0.1, -0.05) is 26.5 Å². The summed E-state index contributed by atoms with van der Waals surface area (Å²) in [5, 5.41) is 31.2. The van der Waals surface area contributed by atoms with Gasteiger partial charge in [0.2, 0.25) is 11.9 Å². The topological polar surface area (TPSA) is 629 Å². The van der Waals surface area contributed by atoms with E-state index in [2.05, 4.69) is 85.6 Å². The molecule has 47 nitrogen and oxygen atoms in total. The SMILES string of the molecule is C=C1C=CN([C@H]2C[C@H](O)[C@@H](COC(C)C)O2)C(=O)N1.CC(C)CO[C@H](C)Cn1cnc2c(N)ncnc21.CC(C)OCC(CO)CCn1cnc2c(=O)[nH]c(N)nc21.CC(C)OCC(CO)OCn1cnc2c(=O)[nH]c(N)nc21.CC(C)OC[C@@H]1CCC(n2ccc(N)nc2=O)O1.CC(C)OC[C@@H]1OC(n2cc(F)c(N)nc2=O)CS1.Cc1cn(C2C=C[C@@H](COC(C)C)O2)c(=O)[nH]c1=O. The van der Waals surface area contributed by atoms with Gasteiger partial charge >= 0.3 is 23.1 Å². The lowest BCUT2D eigenvalue weighted by Gasteiger charge is -2.28. The molecule has 5 aliphatic heterocycles. The van der Waals surface area contributed by atoms with Crippen molar-refractivity contribution in [2.24, 2.45) is 11.8 Å². The molecule has 5 unspecified atom stereocenters. The molecule has 0 aromatic carbocycles. The molecule has 49 heteroatoms. The Hall–Kier alpha value is -11.1. The molecule has 3 fully saturated rings. The minimum absolute atomic E-state index is 0.0103. The van der Waals surface area contributed by atoms with Gasteiger partial charge in [-0.25, -0.2) is 48.5 Å².